The van der Waals surface area contributed by atoms with E-state index in [1.165, 1.54) is 0 Å². The summed E-state index contributed by atoms with van der Waals surface area (Å²) in [6.07, 6.45) is 9.69. The number of aromatic nitrogens is 5. The first-order chi connectivity index (χ1) is 12.2. The van der Waals surface area contributed by atoms with Gasteiger partial charge in [-0.1, -0.05) is 0 Å². The summed E-state index contributed by atoms with van der Waals surface area (Å²) in [6.45, 7) is 5.08. The number of likely N-dealkylation sites (tertiary alicyclic amines) is 1. The van der Waals surface area contributed by atoms with Crippen LogP contribution in [0, 0.1) is 0 Å². The lowest BCUT2D eigenvalue weighted by Gasteiger charge is -2.28. The van der Waals surface area contributed by atoms with Crippen LogP contribution in [0.1, 0.15) is 25.8 Å². The Morgan fingerprint density at radius 3 is 2.80 bits per heavy atom. The van der Waals surface area contributed by atoms with Crippen LogP contribution in [0.25, 0.3) is 22.3 Å². The van der Waals surface area contributed by atoms with Gasteiger partial charge in [-0.05, 0) is 46.0 Å². The van der Waals surface area contributed by atoms with Gasteiger partial charge < -0.3 is 10.2 Å². The summed E-state index contributed by atoms with van der Waals surface area (Å²) in [7, 11) is 2.17. The van der Waals surface area contributed by atoms with E-state index in [9.17, 15) is 0 Å². The Morgan fingerprint density at radius 1 is 1.20 bits per heavy atom. The molecule has 4 rings (SSSR count). The van der Waals surface area contributed by atoms with Gasteiger partial charge in [0.1, 0.15) is 5.52 Å². The standard InChI is InChI=1S/C18H23N7/c1-3-19-18-17-16(20-6-7-21-17)10-15(23-18)13-11-22-25(12-13)14-4-8-24(2)9-5-14/h6-7,10-12,14H,3-5,8-9H2,1-2H3,(H,19,23). The van der Waals surface area contributed by atoms with Crippen LogP contribution < -0.4 is 5.32 Å². The Labute approximate surface area is 147 Å². The SMILES string of the molecule is CCNc1nc(-c2cnn(C3CCN(C)CC3)c2)cc2nccnc12. The predicted octanol–water partition coefficient (Wildman–Crippen LogP) is 2.59. The van der Waals surface area contributed by atoms with E-state index in [1.54, 1.807) is 12.4 Å². The quantitative estimate of drug-likeness (QED) is 0.789. The summed E-state index contributed by atoms with van der Waals surface area (Å²) in [5, 5.41) is 7.89. The average Bonchev–Trinajstić information content (AvgIpc) is 3.13. The van der Waals surface area contributed by atoms with E-state index in [-0.39, 0.29) is 0 Å². The van der Waals surface area contributed by atoms with Gasteiger partial charge in [0.05, 0.1) is 23.4 Å². The molecule has 0 amide bonds. The molecule has 130 valence electrons. The molecule has 1 saturated heterocycles. The first kappa shape index (κ1) is 16.0. The molecule has 25 heavy (non-hydrogen) atoms. The number of rotatable bonds is 4. The maximum atomic E-state index is 4.76. The van der Waals surface area contributed by atoms with Gasteiger partial charge in [0.2, 0.25) is 0 Å². The minimum Gasteiger partial charge on any atom is -0.368 e. The van der Waals surface area contributed by atoms with Crippen LogP contribution in [0.15, 0.2) is 30.9 Å². The molecule has 1 fully saturated rings. The second-order valence-corrected chi connectivity index (χ2v) is 6.55. The fraction of sp³-hybridized carbons (Fsp3) is 0.444. The van der Waals surface area contributed by atoms with Crippen LogP contribution in [0.3, 0.4) is 0 Å². The molecule has 0 unspecified atom stereocenters. The molecule has 0 aliphatic carbocycles. The highest BCUT2D eigenvalue weighted by Crippen LogP contribution is 2.27. The van der Waals surface area contributed by atoms with E-state index < -0.39 is 0 Å². The van der Waals surface area contributed by atoms with Crippen molar-refractivity contribution in [1.82, 2.24) is 29.6 Å². The molecule has 1 aliphatic heterocycles. The second kappa shape index (κ2) is 6.76. The topological polar surface area (TPSA) is 71.8 Å². The molecule has 3 aromatic heterocycles. The molecule has 1 N–H and O–H groups in total. The van der Waals surface area contributed by atoms with Crippen LogP contribution in [0.5, 0.6) is 0 Å². The smallest absolute Gasteiger partial charge is 0.154 e. The van der Waals surface area contributed by atoms with Crippen molar-refractivity contribution in [3.8, 4) is 11.3 Å². The molecule has 0 spiro atoms. The molecule has 4 heterocycles. The van der Waals surface area contributed by atoms with Gasteiger partial charge in [-0.15, -0.1) is 0 Å². The molecule has 3 aromatic rings. The van der Waals surface area contributed by atoms with Gasteiger partial charge in [-0.2, -0.15) is 5.10 Å². The molecule has 7 nitrogen and oxygen atoms in total. The number of hydrogen-bond acceptors (Lipinski definition) is 6. The van der Waals surface area contributed by atoms with Gasteiger partial charge in [0.15, 0.2) is 5.82 Å². The Morgan fingerprint density at radius 2 is 2.00 bits per heavy atom. The Bertz CT molecular complexity index is 865. The molecule has 0 radical (unpaired) electrons. The first-order valence-corrected chi connectivity index (χ1v) is 8.83. The zero-order chi connectivity index (χ0) is 17.2. The molecular formula is C18H23N7. The van der Waals surface area contributed by atoms with E-state index in [1.807, 2.05) is 12.3 Å². The lowest BCUT2D eigenvalue weighted by Crippen LogP contribution is -2.31. The molecule has 0 saturated carbocycles. The first-order valence-electron chi connectivity index (χ1n) is 8.83. The van der Waals surface area contributed by atoms with Crippen LogP contribution in [-0.4, -0.2) is 56.3 Å². The van der Waals surface area contributed by atoms with Crippen molar-refractivity contribution in [1.29, 1.82) is 0 Å². The summed E-state index contributed by atoms with van der Waals surface area (Å²) < 4.78 is 2.10. The molecule has 1 aliphatic rings. The average molecular weight is 337 g/mol. The zero-order valence-electron chi connectivity index (χ0n) is 14.7. The highest BCUT2D eigenvalue weighted by Gasteiger charge is 2.19. The largest absolute Gasteiger partial charge is 0.368 e. The zero-order valence-corrected chi connectivity index (χ0v) is 14.7. The van der Waals surface area contributed by atoms with Crippen LogP contribution >= 0.6 is 0 Å². The minimum absolute atomic E-state index is 0.471. The number of fused-ring (bicyclic) bond motifs is 1. The van der Waals surface area contributed by atoms with Crippen LogP contribution in [-0.2, 0) is 0 Å². The van der Waals surface area contributed by atoms with Crippen molar-refractivity contribution in [2.45, 2.75) is 25.8 Å². The van der Waals surface area contributed by atoms with Gasteiger partial charge in [0, 0.05) is 30.7 Å². The highest BCUT2D eigenvalue weighted by molar-refractivity contribution is 5.88. The predicted molar refractivity (Wildman–Crippen MR) is 98.5 cm³/mol. The summed E-state index contributed by atoms with van der Waals surface area (Å²) in [5.74, 6) is 0.773. The summed E-state index contributed by atoms with van der Waals surface area (Å²) in [4.78, 5) is 16.0. The van der Waals surface area contributed by atoms with Crippen molar-refractivity contribution in [2.24, 2.45) is 0 Å². The summed E-state index contributed by atoms with van der Waals surface area (Å²) in [6, 6.07) is 2.46. The monoisotopic (exact) mass is 337 g/mol. The third-order valence-corrected chi connectivity index (χ3v) is 4.76. The number of anilines is 1. The van der Waals surface area contributed by atoms with Crippen molar-refractivity contribution < 1.29 is 0 Å². The Hall–Kier alpha value is -2.54. The highest BCUT2D eigenvalue weighted by atomic mass is 15.3. The van der Waals surface area contributed by atoms with Crippen LogP contribution in [0.4, 0.5) is 5.82 Å². The van der Waals surface area contributed by atoms with Gasteiger partial charge in [-0.25, -0.2) is 9.97 Å². The maximum Gasteiger partial charge on any atom is 0.154 e. The number of piperidine rings is 1. The fourth-order valence-corrected chi connectivity index (χ4v) is 3.34. The molecule has 0 aromatic carbocycles. The Balaban J connectivity index is 1.68. The van der Waals surface area contributed by atoms with Crippen molar-refractivity contribution in [2.75, 3.05) is 32.0 Å². The van der Waals surface area contributed by atoms with E-state index in [0.717, 1.165) is 60.6 Å². The van der Waals surface area contributed by atoms with E-state index in [0.29, 0.717) is 6.04 Å². The number of hydrogen-bond donors (Lipinski definition) is 1. The molecule has 0 atom stereocenters. The number of nitrogens with zero attached hydrogens (tertiary/aromatic N) is 6. The van der Waals surface area contributed by atoms with E-state index in [2.05, 4.69) is 50.1 Å². The van der Waals surface area contributed by atoms with Crippen molar-refractivity contribution >= 4 is 16.9 Å². The van der Waals surface area contributed by atoms with Crippen molar-refractivity contribution in [3.05, 3.63) is 30.9 Å². The molecule has 0 bridgehead atoms. The van der Waals surface area contributed by atoms with E-state index >= 15 is 0 Å². The minimum atomic E-state index is 0.471. The number of pyridine rings is 1. The van der Waals surface area contributed by atoms with E-state index in [4.69, 9.17) is 4.98 Å². The second-order valence-electron chi connectivity index (χ2n) is 6.55. The molecular weight excluding hydrogens is 314 g/mol. The third-order valence-electron chi connectivity index (χ3n) is 4.76. The van der Waals surface area contributed by atoms with Gasteiger partial charge in [0.25, 0.3) is 0 Å². The van der Waals surface area contributed by atoms with Crippen molar-refractivity contribution in [3.63, 3.8) is 0 Å². The van der Waals surface area contributed by atoms with Gasteiger partial charge in [-0.3, -0.25) is 9.67 Å². The van der Waals surface area contributed by atoms with Crippen LogP contribution in [0.2, 0.25) is 0 Å². The van der Waals surface area contributed by atoms with Gasteiger partial charge >= 0.3 is 0 Å². The Kier molecular flexibility index (Phi) is 4.31. The third kappa shape index (κ3) is 3.19. The molecule has 7 heteroatoms. The lowest BCUT2D eigenvalue weighted by atomic mass is 10.1. The fourth-order valence-electron chi connectivity index (χ4n) is 3.34. The number of nitrogens with one attached hydrogen (secondary N) is 1. The normalized spacial score (nSPS) is 16.4. The summed E-state index contributed by atoms with van der Waals surface area (Å²) in [5.41, 5.74) is 3.54. The summed E-state index contributed by atoms with van der Waals surface area (Å²) >= 11 is 0. The maximum absolute atomic E-state index is 4.76. The lowest BCUT2D eigenvalue weighted by molar-refractivity contribution is 0.212.